The molecule has 0 N–H and O–H groups in total. The molecule has 4 heteroatoms. The van der Waals surface area contributed by atoms with Gasteiger partial charge in [0.1, 0.15) is 0 Å². The molecule has 0 saturated heterocycles. The Morgan fingerprint density at radius 1 is 1.21 bits per heavy atom. The van der Waals surface area contributed by atoms with Crippen LogP contribution >= 0.6 is 0 Å². The predicted octanol–water partition coefficient (Wildman–Crippen LogP) is 4.61. The Hall–Kier alpha value is -0.610. The third-order valence-corrected chi connectivity index (χ3v) is 8.39. The molecule has 2 saturated carbocycles. The topological polar surface area (TPSA) is 43.4 Å². The Morgan fingerprint density at radius 3 is 2.92 bits per heavy atom. The summed E-state index contributed by atoms with van der Waals surface area (Å²) in [5, 5.41) is 0. The van der Waals surface area contributed by atoms with Crippen molar-refractivity contribution in [3.63, 3.8) is 0 Å². The highest BCUT2D eigenvalue weighted by Crippen LogP contribution is 2.59. The first kappa shape index (κ1) is 16.8. The van der Waals surface area contributed by atoms with Gasteiger partial charge in [0.2, 0.25) is 0 Å². The molecule has 0 spiro atoms. The summed E-state index contributed by atoms with van der Waals surface area (Å²) < 4.78 is 29.1. The smallest absolute Gasteiger partial charge is 0.267 e. The molecule has 134 valence electrons. The first-order valence-electron chi connectivity index (χ1n) is 9.81. The fourth-order valence-electron chi connectivity index (χ4n) is 5.92. The van der Waals surface area contributed by atoms with Crippen LogP contribution in [0.15, 0.2) is 23.3 Å². The van der Waals surface area contributed by atoms with Crippen LogP contribution in [0.2, 0.25) is 0 Å². The van der Waals surface area contributed by atoms with E-state index in [0.29, 0.717) is 24.4 Å². The van der Waals surface area contributed by atoms with Gasteiger partial charge in [0.05, 0.1) is 12.4 Å². The van der Waals surface area contributed by atoms with Crippen molar-refractivity contribution in [3.05, 3.63) is 23.3 Å². The van der Waals surface area contributed by atoms with E-state index in [-0.39, 0.29) is 11.2 Å². The van der Waals surface area contributed by atoms with Gasteiger partial charge in [-0.2, -0.15) is 8.42 Å². The van der Waals surface area contributed by atoms with Gasteiger partial charge in [-0.3, -0.25) is 4.18 Å². The second-order valence-electron chi connectivity index (χ2n) is 8.30. The van der Waals surface area contributed by atoms with Crippen molar-refractivity contribution in [1.29, 1.82) is 0 Å². The van der Waals surface area contributed by atoms with Crippen molar-refractivity contribution >= 4 is 10.1 Å². The van der Waals surface area contributed by atoms with Crippen molar-refractivity contribution in [2.45, 2.75) is 64.7 Å². The molecule has 4 rings (SSSR count). The van der Waals surface area contributed by atoms with Crippen molar-refractivity contribution in [2.24, 2.45) is 23.2 Å². The highest BCUT2D eigenvalue weighted by Gasteiger charge is 2.51. The molecule has 24 heavy (non-hydrogen) atoms. The molecule has 0 unspecified atom stereocenters. The summed E-state index contributed by atoms with van der Waals surface area (Å²) in [7, 11) is -3.34. The van der Waals surface area contributed by atoms with Crippen LogP contribution in [0.3, 0.4) is 0 Å². The van der Waals surface area contributed by atoms with Gasteiger partial charge in [0, 0.05) is 11.3 Å². The fraction of sp³-hybridized carbons (Fsp3) is 0.800. The number of rotatable bonds is 4. The van der Waals surface area contributed by atoms with E-state index < -0.39 is 10.1 Å². The normalized spacial score (nSPS) is 38.6. The molecular formula is C20H30O3S. The van der Waals surface area contributed by atoms with E-state index in [1.54, 1.807) is 18.1 Å². The second kappa shape index (κ2) is 6.28. The Kier molecular flexibility index (Phi) is 4.41. The molecule has 2 fully saturated rings. The van der Waals surface area contributed by atoms with E-state index >= 15 is 0 Å². The Bertz CT molecular complexity index is 660. The summed E-state index contributed by atoms with van der Waals surface area (Å²) in [6.45, 7) is 2.06. The second-order valence-corrected chi connectivity index (χ2v) is 10.2. The van der Waals surface area contributed by atoms with Gasteiger partial charge in [-0.05, 0) is 63.7 Å². The number of allylic oxidation sites excluding steroid dienone is 4. The molecule has 3 nitrogen and oxygen atoms in total. The number of hydrogen-bond donors (Lipinski definition) is 0. The third-order valence-electron chi connectivity index (χ3n) is 7.21. The number of fused-ring (bicyclic) bond motifs is 5. The Morgan fingerprint density at radius 2 is 2.08 bits per heavy atom. The molecule has 0 heterocycles. The monoisotopic (exact) mass is 350 g/mol. The van der Waals surface area contributed by atoms with Crippen LogP contribution in [-0.2, 0) is 14.3 Å². The minimum absolute atomic E-state index is 0.0659. The van der Waals surface area contributed by atoms with Crippen LogP contribution in [0.5, 0.6) is 0 Å². The molecule has 0 bridgehead atoms. The summed E-state index contributed by atoms with van der Waals surface area (Å²) in [5.41, 5.74) is 3.46. The van der Waals surface area contributed by atoms with Crippen molar-refractivity contribution in [1.82, 2.24) is 0 Å². The number of hydrogen-bond acceptors (Lipinski definition) is 3. The minimum Gasteiger partial charge on any atom is -0.270 e. The molecule has 0 aromatic rings. The predicted molar refractivity (Wildman–Crippen MR) is 96.0 cm³/mol. The zero-order valence-electron chi connectivity index (χ0n) is 14.8. The lowest BCUT2D eigenvalue weighted by atomic mass is 9.57. The quantitative estimate of drug-likeness (QED) is 0.549. The molecule has 0 aromatic carbocycles. The van der Waals surface area contributed by atoms with Crippen molar-refractivity contribution in [3.8, 4) is 0 Å². The standard InChI is InChI=1S/C20H30O3S/c1-2-24(21,22)23-14-20-12-5-8-19(20)18-10-9-15-6-3-4-7-16(15)17(18)11-13-20/h9,11,16,18-19H,2-8,10,12-14H2,1H3/t16-,18+,19-,20-/m0/s1. The molecule has 0 aromatic heterocycles. The lowest BCUT2D eigenvalue weighted by Gasteiger charge is -2.48. The minimum atomic E-state index is -3.34. The molecule has 4 aliphatic rings. The molecule has 4 atom stereocenters. The van der Waals surface area contributed by atoms with E-state index in [2.05, 4.69) is 12.2 Å². The van der Waals surface area contributed by atoms with Crippen LogP contribution < -0.4 is 0 Å². The molecule has 4 aliphatic carbocycles. The van der Waals surface area contributed by atoms with E-state index in [9.17, 15) is 8.42 Å². The highest BCUT2D eigenvalue weighted by molar-refractivity contribution is 7.86. The largest absolute Gasteiger partial charge is 0.270 e. The van der Waals surface area contributed by atoms with Gasteiger partial charge in [0.25, 0.3) is 10.1 Å². The van der Waals surface area contributed by atoms with Gasteiger partial charge >= 0.3 is 0 Å². The van der Waals surface area contributed by atoms with Gasteiger partial charge in [-0.25, -0.2) is 0 Å². The van der Waals surface area contributed by atoms with Crippen LogP contribution in [0.1, 0.15) is 64.7 Å². The molecular weight excluding hydrogens is 320 g/mol. The van der Waals surface area contributed by atoms with Gasteiger partial charge < -0.3 is 0 Å². The molecule has 0 aliphatic heterocycles. The van der Waals surface area contributed by atoms with Crippen LogP contribution in [-0.4, -0.2) is 20.8 Å². The van der Waals surface area contributed by atoms with Crippen molar-refractivity contribution < 1.29 is 12.6 Å². The van der Waals surface area contributed by atoms with Gasteiger partial charge in [-0.1, -0.05) is 36.1 Å². The van der Waals surface area contributed by atoms with E-state index in [0.717, 1.165) is 12.8 Å². The van der Waals surface area contributed by atoms with Crippen molar-refractivity contribution in [2.75, 3.05) is 12.4 Å². The average molecular weight is 351 g/mol. The lowest BCUT2D eigenvalue weighted by Crippen LogP contribution is -2.42. The zero-order chi connectivity index (χ0) is 16.8. The van der Waals surface area contributed by atoms with E-state index in [1.807, 2.05) is 0 Å². The summed E-state index contributed by atoms with van der Waals surface area (Å²) in [6.07, 6.45) is 16.1. The fourth-order valence-corrected chi connectivity index (χ4v) is 6.50. The van der Waals surface area contributed by atoms with Gasteiger partial charge in [0.15, 0.2) is 0 Å². The molecule has 0 radical (unpaired) electrons. The van der Waals surface area contributed by atoms with Crippen LogP contribution in [0.25, 0.3) is 0 Å². The van der Waals surface area contributed by atoms with Crippen LogP contribution in [0, 0.1) is 23.2 Å². The maximum atomic E-state index is 11.9. The average Bonchev–Trinajstić information content (AvgIpc) is 3.04. The SMILES string of the molecule is CCS(=O)(=O)OC[C@]12CC=C3[C@H]4CCCCC4=CC[C@H]3[C@@H]1CCC2. The van der Waals surface area contributed by atoms with Gasteiger partial charge in [-0.15, -0.1) is 0 Å². The lowest BCUT2D eigenvalue weighted by molar-refractivity contribution is 0.0655. The Balaban J connectivity index is 1.59. The maximum absolute atomic E-state index is 11.9. The van der Waals surface area contributed by atoms with E-state index in [4.69, 9.17) is 4.18 Å². The first-order chi connectivity index (χ1) is 11.5. The summed E-state index contributed by atoms with van der Waals surface area (Å²) in [6, 6.07) is 0. The summed E-state index contributed by atoms with van der Waals surface area (Å²) >= 11 is 0. The third kappa shape index (κ3) is 2.80. The highest BCUT2D eigenvalue weighted by atomic mass is 32.2. The maximum Gasteiger partial charge on any atom is 0.267 e. The summed E-state index contributed by atoms with van der Waals surface area (Å²) in [4.78, 5) is 0. The first-order valence-corrected chi connectivity index (χ1v) is 11.4. The van der Waals surface area contributed by atoms with E-state index in [1.165, 1.54) is 44.9 Å². The summed E-state index contributed by atoms with van der Waals surface area (Å²) in [5.74, 6) is 2.04. The Labute approximate surface area is 146 Å². The van der Waals surface area contributed by atoms with Crippen LogP contribution in [0.4, 0.5) is 0 Å². The molecule has 0 amide bonds. The zero-order valence-corrected chi connectivity index (χ0v) is 15.6.